The Morgan fingerprint density at radius 2 is 2.22 bits per heavy atom. The Bertz CT molecular complexity index is 530. The Balaban J connectivity index is 0.00000264. The van der Waals surface area contributed by atoms with E-state index in [-0.39, 0.29) is 29.8 Å². The molecule has 0 aromatic heterocycles. The maximum absolute atomic E-state index is 13.0. The van der Waals surface area contributed by atoms with Gasteiger partial charge < -0.3 is 10.6 Å². The van der Waals surface area contributed by atoms with E-state index in [1.807, 2.05) is 11.8 Å². The van der Waals surface area contributed by atoms with E-state index in [2.05, 4.69) is 21.9 Å². The first-order chi connectivity index (χ1) is 10.6. The van der Waals surface area contributed by atoms with Crippen LogP contribution in [-0.2, 0) is 6.42 Å². The summed E-state index contributed by atoms with van der Waals surface area (Å²) < 4.78 is 13.0. The maximum atomic E-state index is 13.0. The number of benzene rings is 1. The molecule has 2 unspecified atom stereocenters. The van der Waals surface area contributed by atoms with Crippen LogP contribution in [0.5, 0.6) is 0 Å². The van der Waals surface area contributed by atoms with Crippen LogP contribution in [0.25, 0.3) is 0 Å². The second-order valence-electron chi connectivity index (χ2n) is 5.50. The molecule has 1 aromatic carbocycles. The van der Waals surface area contributed by atoms with Crippen LogP contribution in [0.1, 0.15) is 24.8 Å². The molecule has 2 N–H and O–H groups in total. The smallest absolute Gasteiger partial charge is 0.191 e. The Hall–Kier alpha value is -0.210. The van der Waals surface area contributed by atoms with Gasteiger partial charge >= 0.3 is 0 Å². The number of hydrogen-bond donors (Lipinski definition) is 2. The van der Waals surface area contributed by atoms with E-state index in [9.17, 15) is 4.39 Å². The molecule has 1 aliphatic carbocycles. The highest BCUT2D eigenvalue weighted by atomic mass is 127. The zero-order valence-corrected chi connectivity index (χ0v) is 17.3. The summed E-state index contributed by atoms with van der Waals surface area (Å²) in [4.78, 5) is 4.26. The van der Waals surface area contributed by atoms with Crippen molar-refractivity contribution in [3.63, 3.8) is 0 Å². The number of guanidine groups is 1. The van der Waals surface area contributed by atoms with Crippen LogP contribution in [0.4, 0.5) is 4.39 Å². The molecule has 23 heavy (non-hydrogen) atoms. The van der Waals surface area contributed by atoms with Crippen LogP contribution < -0.4 is 10.6 Å². The molecule has 0 radical (unpaired) electrons. The highest BCUT2D eigenvalue weighted by molar-refractivity contribution is 14.0. The van der Waals surface area contributed by atoms with Crippen molar-refractivity contribution >= 4 is 53.3 Å². The molecule has 0 heterocycles. The molecule has 0 bridgehead atoms. The summed E-state index contributed by atoms with van der Waals surface area (Å²) in [5.41, 5.74) is 0.939. The fraction of sp³-hybridized carbons (Fsp3) is 0.562. The molecule has 2 atom stereocenters. The molecule has 3 nitrogen and oxygen atoms in total. The lowest BCUT2D eigenvalue weighted by Gasteiger charge is -2.17. The van der Waals surface area contributed by atoms with Gasteiger partial charge in [0.1, 0.15) is 5.82 Å². The molecule has 130 valence electrons. The van der Waals surface area contributed by atoms with E-state index in [1.54, 1.807) is 13.1 Å². The third kappa shape index (κ3) is 6.66. The van der Waals surface area contributed by atoms with Gasteiger partial charge in [-0.2, -0.15) is 11.8 Å². The van der Waals surface area contributed by atoms with Crippen LogP contribution in [0, 0.1) is 5.82 Å². The van der Waals surface area contributed by atoms with Crippen molar-refractivity contribution in [1.82, 2.24) is 10.6 Å². The van der Waals surface area contributed by atoms with E-state index in [0.29, 0.717) is 17.6 Å². The largest absolute Gasteiger partial charge is 0.356 e. The molecule has 1 saturated carbocycles. The van der Waals surface area contributed by atoms with Crippen LogP contribution in [0.2, 0.25) is 5.02 Å². The lowest BCUT2D eigenvalue weighted by molar-refractivity contribution is 0.614. The molecule has 0 spiro atoms. The van der Waals surface area contributed by atoms with Crippen molar-refractivity contribution in [2.45, 2.75) is 37.0 Å². The van der Waals surface area contributed by atoms with Crippen LogP contribution >= 0.6 is 47.3 Å². The minimum Gasteiger partial charge on any atom is -0.356 e. The first-order valence-corrected chi connectivity index (χ1v) is 9.23. The summed E-state index contributed by atoms with van der Waals surface area (Å²) >= 11 is 7.98. The molecule has 0 amide bonds. The standard InChI is InChI=1S/C16H23ClFN3S.HI/c1-19-16(21-13-5-6-14(10-13)22-2)20-8-7-11-3-4-12(18)9-15(11)17;/h3-4,9,13-14H,5-8,10H2,1-2H3,(H2,19,20,21);1H. The molecule has 7 heteroatoms. The minimum atomic E-state index is -0.302. The van der Waals surface area contributed by atoms with Gasteiger partial charge in [0.05, 0.1) is 0 Å². The van der Waals surface area contributed by atoms with E-state index < -0.39 is 0 Å². The first kappa shape index (κ1) is 20.8. The summed E-state index contributed by atoms with van der Waals surface area (Å²) in [6.07, 6.45) is 6.55. The lowest BCUT2D eigenvalue weighted by atomic mass is 10.1. The average Bonchev–Trinajstić information content (AvgIpc) is 2.96. The fourth-order valence-electron chi connectivity index (χ4n) is 2.71. The van der Waals surface area contributed by atoms with E-state index in [1.165, 1.54) is 31.4 Å². The summed E-state index contributed by atoms with van der Waals surface area (Å²) in [6, 6.07) is 5.02. The number of thioether (sulfide) groups is 1. The van der Waals surface area contributed by atoms with E-state index >= 15 is 0 Å². The number of aliphatic imine (C=N–C) groups is 1. The zero-order valence-electron chi connectivity index (χ0n) is 13.4. The Morgan fingerprint density at radius 1 is 1.43 bits per heavy atom. The summed E-state index contributed by atoms with van der Waals surface area (Å²) in [5.74, 6) is 0.522. The predicted octanol–water partition coefficient (Wildman–Crippen LogP) is 4.09. The molecule has 1 aliphatic rings. The van der Waals surface area contributed by atoms with Crippen molar-refractivity contribution < 1.29 is 4.39 Å². The summed E-state index contributed by atoms with van der Waals surface area (Å²) in [5, 5.41) is 8.00. The second kappa shape index (κ2) is 10.6. The van der Waals surface area contributed by atoms with Gasteiger partial charge in [-0.15, -0.1) is 24.0 Å². The van der Waals surface area contributed by atoms with Crippen molar-refractivity contribution in [2.24, 2.45) is 4.99 Å². The fourth-order valence-corrected chi connectivity index (χ4v) is 3.77. The van der Waals surface area contributed by atoms with Gasteiger partial charge in [-0.25, -0.2) is 4.39 Å². The van der Waals surface area contributed by atoms with Crippen molar-refractivity contribution in [3.8, 4) is 0 Å². The number of halogens is 3. The lowest BCUT2D eigenvalue weighted by Crippen LogP contribution is -2.43. The molecule has 1 aromatic rings. The van der Waals surface area contributed by atoms with Gasteiger partial charge in [0.15, 0.2) is 5.96 Å². The number of nitrogens with zero attached hydrogens (tertiary/aromatic N) is 1. The maximum Gasteiger partial charge on any atom is 0.191 e. The zero-order chi connectivity index (χ0) is 15.9. The van der Waals surface area contributed by atoms with Gasteiger partial charge in [0.25, 0.3) is 0 Å². The Morgan fingerprint density at radius 3 is 2.83 bits per heavy atom. The van der Waals surface area contributed by atoms with Gasteiger partial charge in [-0.3, -0.25) is 4.99 Å². The molecule has 2 rings (SSSR count). The molecule has 0 aliphatic heterocycles. The quantitative estimate of drug-likeness (QED) is 0.386. The number of nitrogens with one attached hydrogen (secondary N) is 2. The third-order valence-electron chi connectivity index (χ3n) is 3.98. The topological polar surface area (TPSA) is 36.4 Å². The summed E-state index contributed by atoms with van der Waals surface area (Å²) in [6.45, 7) is 0.712. The SMILES string of the molecule is CN=C(NCCc1ccc(F)cc1Cl)NC1CCC(SC)C1.I. The Kier molecular flexibility index (Phi) is 9.61. The summed E-state index contributed by atoms with van der Waals surface area (Å²) in [7, 11) is 1.78. The van der Waals surface area contributed by atoms with Crippen molar-refractivity contribution in [1.29, 1.82) is 0 Å². The van der Waals surface area contributed by atoms with Crippen molar-refractivity contribution in [3.05, 3.63) is 34.6 Å². The highest BCUT2D eigenvalue weighted by Gasteiger charge is 2.24. The molecular formula is C16H24ClFIN3S. The van der Waals surface area contributed by atoms with Crippen LogP contribution in [0.15, 0.2) is 23.2 Å². The molecule has 0 saturated heterocycles. The second-order valence-corrected chi connectivity index (χ2v) is 7.04. The van der Waals surface area contributed by atoms with Gasteiger partial charge in [-0.1, -0.05) is 17.7 Å². The first-order valence-electron chi connectivity index (χ1n) is 7.56. The molecule has 1 fully saturated rings. The van der Waals surface area contributed by atoms with Crippen molar-refractivity contribution in [2.75, 3.05) is 19.8 Å². The Labute approximate surface area is 164 Å². The monoisotopic (exact) mass is 471 g/mol. The predicted molar refractivity (Wildman–Crippen MR) is 110 cm³/mol. The normalized spacial score (nSPS) is 21.0. The average molecular weight is 472 g/mol. The third-order valence-corrected chi connectivity index (χ3v) is 5.43. The molecular weight excluding hydrogens is 448 g/mol. The number of rotatable bonds is 5. The van der Waals surface area contributed by atoms with Crippen LogP contribution in [-0.4, -0.2) is 37.1 Å². The van der Waals surface area contributed by atoms with Gasteiger partial charge in [0.2, 0.25) is 0 Å². The van der Waals surface area contributed by atoms with Crippen LogP contribution in [0.3, 0.4) is 0 Å². The number of hydrogen-bond acceptors (Lipinski definition) is 2. The van der Waals surface area contributed by atoms with Gasteiger partial charge in [-0.05, 0) is 49.6 Å². The minimum absolute atomic E-state index is 0. The van der Waals surface area contributed by atoms with E-state index in [0.717, 1.165) is 23.2 Å². The van der Waals surface area contributed by atoms with Gasteiger partial charge in [0, 0.05) is 29.9 Å². The van der Waals surface area contributed by atoms with E-state index in [4.69, 9.17) is 11.6 Å². The highest BCUT2D eigenvalue weighted by Crippen LogP contribution is 2.28.